The molecule has 2 rings (SSSR count). The van der Waals surface area contributed by atoms with Crippen LogP contribution in [0.5, 0.6) is 11.5 Å². The lowest BCUT2D eigenvalue weighted by atomic mass is 10.0. The van der Waals surface area contributed by atoms with Gasteiger partial charge in [0.1, 0.15) is 6.61 Å². The van der Waals surface area contributed by atoms with Gasteiger partial charge in [0.2, 0.25) is 0 Å². The first kappa shape index (κ1) is 15.1. The summed E-state index contributed by atoms with van der Waals surface area (Å²) in [6.07, 6.45) is 3.81. The fraction of sp³-hybridized carbons (Fsp3) is 0.625. The number of rotatable bonds is 6. The van der Waals surface area contributed by atoms with E-state index in [9.17, 15) is 5.11 Å². The van der Waals surface area contributed by atoms with Crippen molar-refractivity contribution in [1.29, 1.82) is 0 Å². The molecule has 0 aromatic heterocycles. The summed E-state index contributed by atoms with van der Waals surface area (Å²) >= 11 is 0. The molecular weight excluding hydrogens is 254 g/mol. The van der Waals surface area contributed by atoms with Crippen molar-refractivity contribution in [3.63, 3.8) is 0 Å². The van der Waals surface area contributed by atoms with Crippen LogP contribution in [0.3, 0.4) is 0 Å². The first-order valence-corrected chi connectivity index (χ1v) is 7.28. The maximum absolute atomic E-state index is 10.3. The summed E-state index contributed by atoms with van der Waals surface area (Å²) < 4.78 is 11.2. The van der Waals surface area contributed by atoms with E-state index in [2.05, 4.69) is 12.2 Å². The van der Waals surface area contributed by atoms with Crippen molar-refractivity contribution in [2.75, 3.05) is 20.8 Å². The third kappa shape index (κ3) is 3.44. The van der Waals surface area contributed by atoms with E-state index in [4.69, 9.17) is 9.47 Å². The molecule has 1 atom stereocenters. The Bertz CT molecular complexity index is 441. The van der Waals surface area contributed by atoms with Crippen LogP contribution in [0.15, 0.2) is 18.2 Å². The van der Waals surface area contributed by atoms with E-state index in [0.29, 0.717) is 18.1 Å². The highest BCUT2D eigenvalue weighted by Gasteiger charge is 2.32. The lowest BCUT2D eigenvalue weighted by Crippen LogP contribution is -2.32. The second kappa shape index (κ2) is 6.46. The van der Waals surface area contributed by atoms with E-state index in [-0.39, 0.29) is 6.04 Å². The van der Waals surface area contributed by atoms with Crippen LogP contribution in [-0.2, 0) is 0 Å². The summed E-state index contributed by atoms with van der Waals surface area (Å²) in [6, 6.07) is 6.18. The topological polar surface area (TPSA) is 50.7 Å². The Morgan fingerprint density at radius 2 is 2.00 bits per heavy atom. The minimum absolute atomic E-state index is 0.261. The van der Waals surface area contributed by atoms with Crippen molar-refractivity contribution in [3.8, 4) is 11.5 Å². The SMILES string of the molecule is CNC(C)c1ccc(OCC2(O)CCCC2)c(OC)c1. The monoisotopic (exact) mass is 279 g/mol. The molecule has 0 saturated heterocycles. The number of aliphatic hydroxyl groups is 1. The van der Waals surface area contributed by atoms with E-state index in [0.717, 1.165) is 31.2 Å². The third-order valence-electron chi connectivity index (χ3n) is 4.15. The molecule has 0 aliphatic heterocycles. The second-order valence-electron chi connectivity index (χ2n) is 5.64. The summed E-state index contributed by atoms with van der Waals surface area (Å²) in [7, 11) is 3.57. The molecule has 1 aliphatic rings. The number of ether oxygens (including phenoxy) is 2. The molecule has 0 bridgehead atoms. The molecule has 1 unspecified atom stereocenters. The smallest absolute Gasteiger partial charge is 0.161 e. The lowest BCUT2D eigenvalue weighted by Gasteiger charge is -2.23. The molecule has 0 spiro atoms. The third-order valence-corrected chi connectivity index (χ3v) is 4.15. The molecule has 1 aromatic rings. The van der Waals surface area contributed by atoms with Gasteiger partial charge in [-0.05, 0) is 44.5 Å². The molecular formula is C16H25NO3. The molecule has 20 heavy (non-hydrogen) atoms. The molecule has 0 heterocycles. The van der Waals surface area contributed by atoms with Crippen LogP contribution in [0.4, 0.5) is 0 Å². The van der Waals surface area contributed by atoms with Crippen molar-refractivity contribution < 1.29 is 14.6 Å². The Kier molecular flexibility index (Phi) is 4.89. The van der Waals surface area contributed by atoms with Crippen LogP contribution in [0.2, 0.25) is 0 Å². The Balaban J connectivity index is 2.07. The van der Waals surface area contributed by atoms with Gasteiger partial charge in [-0.15, -0.1) is 0 Å². The Morgan fingerprint density at radius 1 is 1.30 bits per heavy atom. The van der Waals surface area contributed by atoms with Crippen LogP contribution in [0.25, 0.3) is 0 Å². The maximum atomic E-state index is 10.3. The van der Waals surface area contributed by atoms with E-state index < -0.39 is 5.60 Å². The number of hydrogen-bond acceptors (Lipinski definition) is 4. The van der Waals surface area contributed by atoms with Gasteiger partial charge in [0.15, 0.2) is 11.5 Å². The predicted octanol–water partition coefficient (Wildman–Crippen LogP) is 2.66. The predicted molar refractivity (Wildman–Crippen MR) is 79.4 cm³/mol. The average molecular weight is 279 g/mol. The van der Waals surface area contributed by atoms with Gasteiger partial charge in [-0.2, -0.15) is 0 Å². The minimum atomic E-state index is -0.665. The highest BCUT2D eigenvalue weighted by atomic mass is 16.5. The molecule has 4 nitrogen and oxygen atoms in total. The first-order valence-electron chi connectivity index (χ1n) is 7.28. The zero-order valence-electron chi connectivity index (χ0n) is 12.6. The molecule has 2 N–H and O–H groups in total. The van der Waals surface area contributed by atoms with E-state index >= 15 is 0 Å². The van der Waals surface area contributed by atoms with E-state index in [1.54, 1.807) is 7.11 Å². The Labute approximate surface area is 121 Å². The van der Waals surface area contributed by atoms with Crippen LogP contribution in [-0.4, -0.2) is 31.5 Å². The zero-order chi connectivity index (χ0) is 14.6. The standard InChI is InChI=1S/C16H25NO3/c1-12(17-2)13-6-7-14(15(10-13)19-3)20-11-16(18)8-4-5-9-16/h6-7,10,12,17-18H,4-5,8-9,11H2,1-3H3. The fourth-order valence-electron chi connectivity index (χ4n) is 2.63. The zero-order valence-corrected chi connectivity index (χ0v) is 12.6. The maximum Gasteiger partial charge on any atom is 0.161 e. The molecule has 1 saturated carbocycles. The number of benzene rings is 1. The molecule has 1 aromatic carbocycles. The number of nitrogens with one attached hydrogen (secondary N) is 1. The van der Waals surface area contributed by atoms with Crippen LogP contribution in [0, 0.1) is 0 Å². The highest BCUT2D eigenvalue weighted by molar-refractivity contribution is 5.43. The molecule has 112 valence electrons. The van der Waals surface area contributed by atoms with Crippen molar-refractivity contribution in [2.24, 2.45) is 0 Å². The van der Waals surface area contributed by atoms with Crippen LogP contribution >= 0.6 is 0 Å². The average Bonchev–Trinajstić information content (AvgIpc) is 2.91. The van der Waals surface area contributed by atoms with Gasteiger partial charge in [-0.25, -0.2) is 0 Å². The van der Waals surface area contributed by atoms with Crippen LogP contribution in [0.1, 0.15) is 44.2 Å². The summed E-state index contributed by atoms with van der Waals surface area (Å²) in [5, 5.41) is 13.5. The van der Waals surface area contributed by atoms with Gasteiger partial charge in [0, 0.05) is 6.04 Å². The van der Waals surface area contributed by atoms with Gasteiger partial charge in [0.25, 0.3) is 0 Å². The van der Waals surface area contributed by atoms with Crippen molar-refractivity contribution in [3.05, 3.63) is 23.8 Å². The fourth-order valence-corrected chi connectivity index (χ4v) is 2.63. The van der Waals surface area contributed by atoms with E-state index in [1.165, 1.54) is 0 Å². The summed E-state index contributed by atoms with van der Waals surface area (Å²) in [4.78, 5) is 0. The molecule has 0 amide bonds. The number of methoxy groups -OCH3 is 1. The van der Waals surface area contributed by atoms with Crippen molar-refractivity contribution in [2.45, 2.75) is 44.2 Å². The largest absolute Gasteiger partial charge is 0.493 e. The van der Waals surface area contributed by atoms with Gasteiger partial charge < -0.3 is 19.9 Å². The molecule has 4 heteroatoms. The van der Waals surface area contributed by atoms with Gasteiger partial charge in [0.05, 0.1) is 12.7 Å². The molecule has 1 aliphatic carbocycles. The summed E-state index contributed by atoms with van der Waals surface area (Å²) in [6.45, 7) is 2.43. The lowest BCUT2D eigenvalue weighted by molar-refractivity contribution is 0.000727. The summed E-state index contributed by atoms with van der Waals surface area (Å²) in [5.41, 5.74) is 0.485. The van der Waals surface area contributed by atoms with E-state index in [1.807, 2.05) is 25.2 Å². The highest BCUT2D eigenvalue weighted by Crippen LogP contribution is 2.34. The van der Waals surface area contributed by atoms with Gasteiger partial charge in [-0.1, -0.05) is 18.9 Å². The quantitative estimate of drug-likeness (QED) is 0.840. The Morgan fingerprint density at radius 3 is 2.60 bits per heavy atom. The molecule has 0 radical (unpaired) electrons. The van der Waals surface area contributed by atoms with Crippen molar-refractivity contribution in [1.82, 2.24) is 5.32 Å². The minimum Gasteiger partial charge on any atom is -0.493 e. The normalized spacial score (nSPS) is 18.8. The van der Waals surface area contributed by atoms with Gasteiger partial charge in [-0.3, -0.25) is 0 Å². The van der Waals surface area contributed by atoms with Gasteiger partial charge >= 0.3 is 0 Å². The summed E-state index contributed by atoms with van der Waals surface area (Å²) in [5.74, 6) is 1.41. The van der Waals surface area contributed by atoms with Crippen LogP contribution < -0.4 is 14.8 Å². The molecule has 1 fully saturated rings. The number of hydrogen-bond donors (Lipinski definition) is 2. The first-order chi connectivity index (χ1) is 9.58. The van der Waals surface area contributed by atoms with Crippen molar-refractivity contribution >= 4 is 0 Å². The second-order valence-corrected chi connectivity index (χ2v) is 5.64. The Hall–Kier alpha value is -1.26.